The summed E-state index contributed by atoms with van der Waals surface area (Å²) < 4.78 is 16.6. The van der Waals surface area contributed by atoms with Crippen molar-refractivity contribution in [3.05, 3.63) is 74.1 Å². The van der Waals surface area contributed by atoms with Gasteiger partial charge in [0.25, 0.3) is 11.5 Å². The highest BCUT2D eigenvalue weighted by Gasteiger charge is 2.21. The molecular formula is C17H13Cl2FN4O2. The zero-order valence-corrected chi connectivity index (χ0v) is 15.3. The number of hydrogen-bond donors (Lipinski definition) is 1. The fourth-order valence-corrected chi connectivity index (χ4v) is 2.91. The van der Waals surface area contributed by atoms with Crippen LogP contribution in [0, 0.1) is 12.7 Å². The van der Waals surface area contributed by atoms with Gasteiger partial charge in [-0.15, -0.1) is 0 Å². The van der Waals surface area contributed by atoms with Gasteiger partial charge < -0.3 is 5.32 Å². The zero-order chi connectivity index (χ0) is 19.0. The molecule has 0 radical (unpaired) electrons. The van der Waals surface area contributed by atoms with Crippen molar-refractivity contribution in [2.45, 2.75) is 6.92 Å². The molecule has 0 aliphatic heterocycles. The molecule has 0 fully saturated rings. The van der Waals surface area contributed by atoms with Crippen molar-refractivity contribution in [2.75, 3.05) is 5.32 Å². The summed E-state index contributed by atoms with van der Waals surface area (Å²) in [6, 6.07) is 9.83. The summed E-state index contributed by atoms with van der Waals surface area (Å²) in [7, 11) is 1.69. The predicted octanol–water partition coefficient (Wildman–Crippen LogP) is 3.58. The number of carbonyl (C=O) groups excluding carboxylic acids is 1. The second-order valence-corrected chi connectivity index (χ2v) is 6.21. The predicted molar refractivity (Wildman–Crippen MR) is 97.9 cm³/mol. The van der Waals surface area contributed by atoms with E-state index in [1.807, 2.05) is 6.07 Å². The Morgan fingerprint density at radius 3 is 2.50 bits per heavy atom. The first kappa shape index (κ1) is 18.2. The second kappa shape index (κ2) is 6.93. The number of pyridine rings is 1. The van der Waals surface area contributed by atoms with Gasteiger partial charge in [-0.3, -0.25) is 14.3 Å². The fraction of sp³-hybridized carbons (Fsp3) is 0.118. The molecule has 0 aliphatic carbocycles. The van der Waals surface area contributed by atoms with Crippen LogP contribution in [-0.4, -0.2) is 20.3 Å². The molecular weight excluding hydrogens is 382 g/mol. The smallest absolute Gasteiger partial charge is 0.295 e. The van der Waals surface area contributed by atoms with Crippen molar-refractivity contribution < 1.29 is 9.18 Å². The minimum Gasteiger partial charge on any atom is -0.316 e. The monoisotopic (exact) mass is 394 g/mol. The number of carbonyl (C=O) groups is 1. The lowest BCUT2D eigenvalue weighted by Crippen LogP contribution is -2.23. The van der Waals surface area contributed by atoms with Gasteiger partial charge in [0, 0.05) is 7.05 Å². The molecule has 1 aromatic carbocycles. The first-order chi connectivity index (χ1) is 12.3. The number of aromatic nitrogens is 3. The Morgan fingerprint density at radius 2 is 1.85 bits per heavy atom. The summed E-state index contributed by atoms with van der Waals surface area (Å²) in [5, 5.41) is 1.79. The Kier molecular flexibility index (Phi) is 4.84. The lowest BCUT2D eigenvalue weighted by atomic mass is 10.2. The van der Waals surface area contributed by atoms with E-state index < -0.39 is 22.4 Å². The van der Waals surface area contributed by atoms with E-state index in [1.165, 1.54) is 4.68 Å². The average molecular weight is 395 g/mol. The SMILES string of the molecule is Cc1c(NC(=O)c2cc(F)c(Cl)nc2Cl)c(=O)n(-c2ccccc2)n1C. The molecule has 134 valence electrons. The van der Waals surface area contributed by atoms with Crippen LogP contribution in [0.3, 0.4) is 0 Å². The largest absolute Gasteiger partial charge is 0.316 e. The molecule has 9 heteroatoms. The van der Waals surface area contributed by atoms with Crippen LogP contribution in [0.15, 0.2) is 41.2 Å². The molecule has 1 N–H and O–H groups in total. The molecule has 26 heavy (non-hydrogen) atoms. The van der Waals surface area contributed by atoms with Gasteiger partial charge in [0.05, 0.1) is 16.9 Å². The van der Waals surface area contributed by atoms with Gasteiger partial charge in [0.2, 0.25) is 0 Å². The Hall–Kier alpha value is -2.64. The third kappa shape index (κ3) is 3.11. The van der Waals surface area contributed by atoms with Crippen LogP contribution in [0.4, 0.5) is 10.1 Å². The molecule has 2 heterocycles. The molecule has 1 amide bonds. The van der Waals surface area contributed by atoms with Gasteiger partial charge in [-0.05, 0) is 25.1 Å². The number of para-hydroxylation sites is 1. The molecule has 0 unspecified atom stereocenters. The molecule has 0 saturated carbocycles. The van der Waals surface area contributed by atoms with Crippen molar-refractivity contribution in [2.24, 2.45) is 7.05 Å². The average Bonchev–Trinajstić information content (AvgIpc) is 2.82. The van der Waals surface area contributed by atoms with Gasteiger partial charge in [-0.25, -0.2) is 14.1 Å². The van der Waals surface area contributed by atoms with Crippen LogP contribution in [-0.2, 0) is 7.05 Å². The maximum absolute atomic E-state index is 13.6. The maximum Gasteiger partial charge on any atom is 0.295 e. The summed E-state index contributed by atoms with van der Waals surface area (Å²) >= 11 is 11.4. The van der Waals surface area contributed by atoms with Crippen molar-refractivity contribution in [3.63, 3.8) is 0 Å². The van der Waals surface area contributed by atoms with E-state index in [4.69, 9.17) is 23.2 Å². The van der Waals surface area contributed by atoms with Crippen molar-refractivity contribution in [1.29, 1.82) is 0 Å². The third-order valence-corrected chi connectivity index (χ3v) is 4.48. The number of anilines is 1. The third-order valence-electron chi connectivity index (χ3n) is 3.92. The Labute approximate surface area is 157 Å². The van der Waals surface area contributed by atoms with Crippen molar-refractivity contribution in [3.8, 4) is 5.69 Å². The van der Waals surface area contributed by atoms with E-state index in [9.17, 15) is 14.0 Å². The van der Waals surface area contributed by atoms with Crippen LogP contribution >= 0.6 is 23.2 Å². The Bertz CT molecular complexity index is 1060. The molecule has 6 nitrogen and oxygen atoms in total. The van der Waals surface area contributed by atoms with Crippen LogP contribution in [0.5, 0.6) is 0 Å². The van der Waals surface area contributed by atoms with Gasteiger partial charge in [0.15, 0.2) is 11.0 Å². The highest BCUT2D eigenvalue weighted by molar-refractivity contribution is 6.35. The summed E-state index contributed by atoms with van der Waals surface area (Å²) in [5.41, 5.74) is 0.574. The second-order valence-electron chi connectivity index (χ2n) is 5.49. The van der Waals surface area contributed by atoms with Gasteiger partial charge in [-0.2, -0.15) is 0 Å². The lowest BCUT2D eigenvalue weighted by Gasteiger charge is -2.07. The van der Waals surface area contributed by atoms with Gasteiger partial charge in [-0.1, -0.05) is 41.4 Å². The van der Waals surface area contributed by atoms with Crippen molar-refractivity contribution in [1.82, 2.24) is 14.3 Å². The minimum atomic E-state index is -0.882. The fourth-order valence-electron chi connectivity index (χ4n) is 2.50. The topological polar surface area (TPSA) is 68.9 Å². The molecule has 0 spiro atoms. The summed E-state index contributed by atoms with van der Waals surface area (Å²) in [6.07, 6.45) is 0. The maximum atomic E-state index is 13.6. The van der Waals surface area contributed by atoms with E-state index in [0.717, 1.165) is 6.07 Å². The zero-order valence-electron chi connectivity index (χ0n) is 13.8. The highest BCUT2D eigenvalue weighted by Crippen LogP contribution is 2.22. The Morgan fingerprint density at radius 1 is 1.19 bits per heavy atom. The number of benzene rings is 1. The van der Waals surface area contributed by atoms with Crippen LogP contribution < -0.4 is 10.9 Å². The molecule has 0 bridgehead atoms. The number of nitrogens with one attached hydrogen (secondary N) is 1. The number of nitrogens with zero attached hydrogens (tertiary/aromatic N) is 3. The standard InChI is InChI=1S/C17H13Cl2FN4O2/c1-9-13(17(26)24(23(9)2)10-6-4-3-5-7-10)21-16(25)11-8-12(20)15(19)22-14(11)18/h3-8H,1-2H3,(H,21,25). The molecule has 0 aliphatic rings. The Balaban J connectivity index is 2.03. The molecule has 3 aromatic rings. The highest BCUT2D eigenvalue weighted by atomic mass is 35.5. The van der Waals surface area contributed by atoms with Crippen molar-refractivity contribution >= 4 is 34.8 Å². The lowest BCUT2D eigenvalue weighted by molar-refractivity contribution is 0.102. The number of amides is 1. The normalized spacial score (nSPS) is 10.8. The van der Waals surface area contributed by atoms with E-state index in [-0.39, 0.29) is 16.4 Å². The first-order valence-corrected chi connectivity index (χ1v) is 8.23. The molecule has 0 saturated heterocycles. The van der Waals surface area contributed by atoms with E-state index in [2.05, 4.69) is 10.3 Å². The molecule has 2 aromatic heterocycles. The van der Waals surface area contributed by atoms with Gasteiger partial charge >= 0.3 is 0 Å². The summed E-state index contributed by atoms with van der Waals surface area (Å²) in [5.74, 6) is -1.64. The molecule has 0 atom stereocenters. The quantitative estimate of drug-likeness (QED) is 0.690. The van der Waals surface area contributed by atoms with E-state index in [0.29, 0.717) is 11.4 Å². The number of rotatable bonds is 3. The first-order valence-electron chi connectivity index (χ1n) is 7.48. The summed E-state index contributed by atoms with van der Waals surface area (Å²) in [6.45, 7) is 1.68. The van der Waals surface area contributed by atoms with Crippen LogP contribution in [0.2, 0.25) is 10.3 Å². The molecule has 3 rings (SSSR count). The van der Waals surface area contributed by atoms with E-state index in [1.54, 1.807) is 42.9 Å². The summed E-state index contributed by atoms with van der Waals surface area (Å²) in [4.78, 5) is 28.8. The van der Waals surface area contributed by atoms with Gasteiger partial charge in [0.1, 0.15) is 10.8 Å². The minimum absolute atomic E-state index is 0.0628. The van der Waals surface area contributed by atoms with Crippen LogP contribution in [0.25, 0.3) is 5.69 Å². The van der Waals surface area contributed by atoms with E-state index >= 15 is 0 Å². The number of hydrogen-bond acceptors (Lipinski definition) is 3. The van der Waals surface area contributed by atoms with Crippen LogP contribution in [0.1, 0.15) is 16.1 Å². The number of halogens is 3.